The quantitative estimate of drug-likeness (QED) is 0.735. The summed E-state index contributed by atoms with van der Waals surface area (Å²) in [6.07, 6.45) is 4.64. The second-order valence-electron chi connectivity index (χ2n) is 8.00. The van der Waals surface area contributed by atoms with Crippen LogP contribution in [-0.2, 0) is 28.0 Å². The molecule has 0 atom stereocenters. The molecule has 3 heterocycles. The molecule has 0 unspecified atom stereocenters. The van der Waals surface area contributed by atoms with Gasteiger partial charge in [0.1, 0.15) is 5.60 Å². The summed E-state index contributed by atoms with van der Waals surface area (Å²) in [7, 11) is 5.33. The second-order valence-corrected chi connectivity index (χ2v) is 8.00. The number of fused-ring (bicyclic) bond motifs is 2. The molecular formula is C22H28N4O3. The Morgan fingerprint density at radius 1 is 1.31 bits per heavy atom. The zero-order valence-corrected chi connectivity index (χ0v) is 17.4. The largest absolute Gasteiger partial charge is 0.465 e. The molecule has 2 aliphatic heterocycles. The van der Waals surface area contributed by atoms with Crippen molar-refractivity contribution in [2.75, 3.05) is 45.8 Å². The molecule has 1 fully saturated rings. The minimum Gasteiger partial charge on any atom is -0.465 e. The first-order valence-electron chi connectivity index (χ1n) is 10.1. The third kappa shape index (κ3) is 3.97. The van der Waals surface area contributed by atoms with Gasteiger partial charge >= 0.3 is 5.97 Å². The normalized spacial score (nSPS) is 18.3. The fraction of sp³-hybridized carbons (Fsp3) is 0.500. The lowest BCUT2D eigenvalue weighted by atomic mass is 9.83. The molecule has 0 amide bonds. The number of carbonyl (C=O) groups is 1. The summed E-state index contributed by atoms with van der Waals surface area (Å²) in [5, 5.41) is 0. The maximum absolute atomic E-state index is 11.8. The Labute approximate surface area is 171 Å². The molecule has 0 N–H and O–H groups in total. The van der Waals surface area contributed by atoms with Gasteiger partial charge in [-0.25, -0.2) is 14.8 Å². The molecule has 4 rings (SSSR count). The average molecular weight is 396 g/mol. The van der Waals surface area contributed by atoms with Crippen molar-refractivity contribution in [2.45, 2.75) is 31.4 Å². The fourth-order valence-electron chi connectivity index (χ4n) is 4.24. The monoisotopic (exact) mass is 396 g/mol. The van der Waals surface area contributed by atoms with Gasteiger partial charge in [0, 0.05) is 39.9 Å². The van der Waals surface area contributed by atoms with Crippen LogP contribution in [0.5, 0.6) is 0 Å². The number of hydrogen-bond donors (Lipinski definition) is 0. The number of anilines is 1. The maximum atomic E-state index is 11.8. The first kappa shape index (κ1) is 19.8. The molecule has 0 radical (unpaired) electrons. The standard InChI is InChI=1S/C22H28N4O3/c1-25(2)21-23-14-18-7-12-29-22(19(18)24-21)8-10-26(11-9-22)15-16-5-4-6-17(13-16)20(27)28-3/h4-6,13-14H,7-12,15H2,1-3H3. The Balaban J connectivity index is 1.48. The summed E-state index contributed by atoms with van der Waals surface area (Å²) in [5.41, 5.74) is 3.67. The molecule has 154 valence electrons. The van der Waals surface area contributed by atoms with Crippen LogP contribution in [0.2, 0.25) is 0 Å². The predicted molar refractivity (Wildman–Crippen MR) is 110 cm³/mol. The minimum absolute atomic E-state index is 0.298. The van der Waals surface area contributed by atoms with E-state index in [0.717, 1.165) is 62.7 Å². The van der Waals surface area contributed by atoms with E-state index in [1.165, 1.54) is 12.7 Å². The van der Waals surface area contributed by atoms with Gasteiger partial charge in [-0.05, 0) is 42.5 Å². The Bertz CT molecular complexity index is 891. The van der Waals surface area contributed by atoms with Gasteiger partial charge in [-0.15, -0.1) is 0 Å². The predicted octanol–water partition coefficient (Wildman–Crippen LogP) is 2.39. The average Bonchev–Trinajstić information content (AvgIpc) is 2.75. The number of methoxy groups -OCH3 is 1. The summed E-state index contributed by atoms with van der Waals surface area (Å²) < 4.78 is 11.2. The van der Waals surface area contributed by atoms with Crippen molar-refractivity contribution in [3.05, 3.63) is 52.8 Å². The van der Waals surface area contributed by atoms with Crippen molar-refractivity contribution < 1.29 is 14.3 Å². The Hall–Kier alpha value is -2.51. The minimum atomic E-state index is -0.314. The zero-order valence-electron chi connectivity index (χ0n) is 17.4. The molecule has 7 nitrogen and oxygen atoms in total. The van der Waals surface area contributed by atoms with Crippen molar-refractivity contribution in [1.82, 2.24) is 14.9 Å². The Morgan fingerprint density at radius 2 is 2.10 bits per heavy atom. The van der Waals surface area contributed by atoms with E-state index < -0.39 is 0 Å². The van der Waals surface area contributed by atoms with Gasteiger partial charge in [0.25, 0.3) is 0 Å². The Morgan fingerprint density at radius 3 is 2.83 bits per heavy atom. The number of piperidine rings is 1. The van der Waals surface area contributed by atoms with Crippen LogP contribution in [0.3, 0.4) is 0 Å². The highest BCUT2D eigenvalue weighted by atomic mass is 16.5. The number of rotatable bonds is 4. The molecule has 1 spiro atoms. The second kappa shape index (κ2) is 8.08. The summed E-state index contributed by atoms with van der Waals surface area (Å²) in [6, 6.07) is 7.67. The van der Waals surface area contributed by atoms with Crippen LogP contribution < -0.4 is 4.90 Å². The van der Waals surface area contributed by atoms with Gasteiger partial charge in [-0.1, -0.05) is 12.1 Å². The SMILES string of the molecule is COC(=O)c1cccc(CN2CCC3(CC2)OCCc2cnc(N(C)C)nc23)c1. The smallest absolute Gasteiger partial charge is 0.337 e. The lowest BCUT2D eigenvalue weighted by molar-refractivity contribution is -0.102. The number of carbonyl (C=O) groups excluding carboxylic acids is 1. The first-order valence-corrected chi connectivity index (χ1v) is 10.1. The number of likely N-dealkylation sites (tertiary alicyclic amines) is 1. The van der Waals surface area contributed by atoms with E-state index in [-0.39, 0.29) is 11.6 Å². The zero-order chi connectivity index (χ0) is 20.4. The summed E-state index contributed by atoms with van der Waals surface area (Å²) in [4.78, 5) is 25.5. The molecule has 1 aromatic carbocycles. The van der Waals surface area contributed by atoms with Crippen LogP contribution in [0.15, 0.2) is 30.5 Å². The highest BCUT2D eigenvalue weighted by molar-refractivity contribution is 5.89. The van der Waals surface area contributed by atoms with Crippen LogP contribution in [0, 0.1) is 0 Å². The molecule has 29 heavy (non-hydrogen) atoms. The molecule has 0 aliphatic carbocycles. The van der Waals surface area contributed by atoms with Gasteiger partial charge in [-0.3, -0.25) is 4.90 Å². The molecule has 7 heteroatoms. The van der Waals surface area contributed by atoms with Crippen LogP contribution in [0.25, 0.3) is 0 Å². The molecule has 2 aromatic rings. The number of nitrogens with zero attached hydrogens (tertiary/aromatic N) is 4. The summed E-state index contributed by atoms with van der Waals surface area (Å²) in [5.74, 6) is 0.434. The third-order valence-electron chi connectivity index (χ3n) is 5.85. The van der Waals surface area contributed by atoms with Crippen molar-refractivity contribution in [1.29, 1.82) is 0 Å². The van der Waals surface area contributed by atoms with Gasteiger partial charge in [0.15, 0.2) is 0 Å². The highest BCUT2D eigenvalue weighted by Gasteiger charge is 2.42. The van der Waals surface area contributed by atoms with Crippen LogP contribution in [-0.4, -0.2) is 61.7 Å². The van der Waals surface area contributed by atoms with E-state index in [4.69, 9.17) is 14.5 Å². The topological polar surface area (TPSA) is 67.8 Å². The van der Waals surface area contributed by atoms with Gasteiger partial charge in [0.05, 0.1) is 25.0 Å². The van der Waals surface area contributed by atoms with Crippen molar-refractivity contribution >= 4 is 11.9 Å². The van der Waals surface area contributed by atoms with Crippen LogP contribution >= 0.6 is 0 Å². The van der Waals surface area contributed by atoms with Crippen molar-refractivity contribution in [2.24, 2.45) is 0 Å². The summed E-state index contributed by atoms with van der Waals surface area (Å²) >= 11 is 0. The number of esters is 1. The molecule has 2 aliphatic rings. The number of aromatic nitrogens is 2. The third-order valence-corrected chi connectivity index (χ3v) is 5.85. The van der Waals surface area contributed by atoms with E-state index in [2.05, 4.69) is 16.0 Å². The van der Waals surface area contributed by atoms with E-state index in [9.17, 15) is 4.79 Å². The van der Waals surface area contributed by atoms with E-state index >= 15 is 0 Å². The van der Waals surface area contributed by atoms with Crippen molar-refractivity contribution in [3.8, 4) is 0 Å². The number of hydrogen-bond acceptors (Lipinski definition) is 7. The molecule has 0 saturated carbocycles. The maximum Gasteiger partial charge on any atom is 0.337 e. The lowest BCUT2D eigenvalue weighted by Gasteiger charge is -2.44. The van der Waals surface area contributed by atoms with Crippen LogP contribution in [0.4, 0.5) is 5.95 Å². The van der Waals surface area contributed by atoms with Gasteiger partial charge < -0.3 is 14.4 Å². The number of benzene rings is 1. The number of ether oxygens (including phenoxy) is 2. The summed E-state index contributed by atoms with van der Waals surface area (Å²) in [6.45, 7) is 3.37. The molecular weight excluding hydrogens is 368 g/mol. The van der Waals surface area contributed by atoms with Gasteiger partial charge in [-0.2, -0.15) is 0 Å². The van der Waals surface area contributed by atoms with Crippen molar-refractivity contribution in [3.63, 3.8) is 0 Å². The first-order chi connectivity index (χ1) is 14.0. The highest BCUT2D eigenvalue weighted by Crippen LogP contribution is 2.41. The van der Waals surface area contributed by atoms with Gasteiger partial charge in [0.2, 0.25) is 5.95 Å². The van der Waals surface area contributed by atoms with E-state index in [1.54, 1.807) is 6.07 Å². The fourth-order valence-corrected chi connectivity index (χ4v) is 4.24. The molecule has 1 aromatic heterocycles. The molecule has 0 bridgehead atoms. The van der Waals surface area contributed by atoms with Crippen LogP contribution in [0.1, 0.15) is 40.0 Å². The molecule has 1 saturated heterocycles. The lowest BCUT2D eigenvalue weighted by Crippen LogP contribution is -2.47. The Kier molecular flexibility index (Phi) is 5.52. The van der Waals surface area contributed by atoms with E-state index in [0.29, 0.717) is 5.56 Å². The van der Waals surface area contributed by atoms with E-state index in [1.807, 2.05) is 37.3 Å².